The molecule has 1 aliphatic rings. The minimum Gasteiger partial charge on any atom is -0.496 e. The second-order valence-corrected chi connectivity index (χ2v) is 5.09. The fraction of sp³-hybridized carbons (Fsp3) is 0.533. The van der Waals surface area contributed by atoms with Gasteiger partial charge in [-0.15, -0.1) is 0 Å². The van der Waals surface area contributed by atoms with E-state index in [9.17, 15) is 9.90 Å². The average Bonchev–Trinajstić information content (AvgIpc) is 2.88. The van der Waals surface area contributed by atoms with Crippen molar-refractivity contribution in [2.45, 2.75) is 32.7 Å². The standard InChI is InChI=1S/C15H21NO3/c1-10-11(2)13(19-3)7-6-12(10)14(15(17)18)16-8-4-5-9-16/h6-7,14H,4-5,8-9H2,1-3H3,(H,17,18). The zero-order valence-corrected chi connectivity index (χ0v) is 11.8. The Morgan fingerprint density at radius 1 is 1.26 bits per heavy atom. The van der Waals surface area contributed by atoms with Crippen molar-refractivity contribution >= 4 is 5.97 Å². The first-order valence-electron chi connectivity index (χ1n) is 6.67. The Bertz CT molecular complexity index is 479. The first kappa shape index (κ1) is 13.9. The van der Waals surface area contributed by atoms with Gasteiger partial charge >= 0.3 is 5.97 Å². The zero-order chi connectivity index (χ0) is 14.0. The molecule has 0 bridgehead atoms. The average molecular weight is 263 g/mol. The molecular weight excluding hydrogens is 242 g/mol. The highest BCUT2D eigenvalue weighted by atomic mass is 16.5. The number of hydrogen-bond donors (Lipinski definition) is 1. The Morgan fingerprint density at radius 3 is 2.42 bits per heavy atom. The molecule has 1 atom stereocenters. The third kappa shape index (κ3) is 2.59. The van der Waals surface area contributed by atoms with E-state index in [2.05, 4.69) is 4.90 Å². The van der Waals surface area contributed by atoms with E-state index in [-0.39, 0.29) is 0 Å². The quantitative estimate of drug-likeness (QED) is 0.907. The van der Waals surface area contributed by atoms with E-state index >= 15 is 0 Å². The van der Waals surface area contributed by atoms with E-state index in [1.165, 1.54) is 0 Å². The minimum absolute atomic E-state index is 0.535. The number of carbonyl (C=O) groups is 1. The van der Waals surface area contributed by atoms with Crippen molar-refractivity contribution in [3.63, 3.8) is 0 Å². The van der Waals surface area contributed by atoms with Gasteiger partial charge in [-0.05, 0) is 62.5 Å². The number of rotatable bonds is 4. The molecule has 1 aromatic rings. The molecule has 104 valence electrons. The van der Waals surface area contributed by atoms with E-state index in [0.717, 1.165) is 48.4 Å². The highest BCUT2D eigenvalue weighted by Gasteiger charge is 2.31. The predicted octanol–water partition coefficient (Wildman–Crippen LogP) is 2.53. The van der Waals surface area contributed by atoms with Crippen LogP contribution >= 0.6 is 0 Å². The van der Waals surface area contributed by atoms with Crippen LogP contribution in [0.5, 0.6) is 5.75 Å². The fourth-order valence-electron chi connectivity index (χ4n) is 2.82. The van der Waals surface area contributed by atoms with Crippen molar-refractivity contribution in [3.05, 3.63) is 28.8 Å². The summed E-state index contributed by atoms with van der Waals surface area (Å²) in [4.78, 5) is 13.7. The highest BCUT2D eigenvalue weighted by molar-refractivity contribution is 5.76. The highest BCUT2D eigenvalue weighted by Crippen LogP contribution is 2.32. The van der Waals surface area contributed by atoms with Gasteiger partial charge in [0.25, 0.3) is 0 Å². The fourth-order valence-corrected chi connectivity index (χ4v) is 2.82. The van der Waals surface area contributed by atoms with Crippen molar-refractivity contribution in [1.82, 2.24) is 4.90 Å². The number of benzene rings is 1. The van der Waals surface area contributed by atoms with E-state index in [1.54, 1.807) is 7.11 Å². The van der Waals surface area contributed by atoms with E-state index in [4.69, 9.17) is 4.74 Å². The van der Waals surface area contributed by atoms with Crippen LogP contribution in [-0.4, -0.2) is 36.2 Å². The Hall–Kier alpha value is -1.55. The number of likely N-dealkylation sites (tertiary alicyclic amines) is 1. The monoisotopic (exact) mass is 263 g/mol. The molecule has 0 aromatic heterocycles. The van der Waals surface area contributed by atoms with Gasteiger partial charge in [-0.2, -0.15) is 0 Å². The van der Waals surface area contributed by atoms with Gasteiger partial charge in [-0.3, -0.25) is 9.69 Å². The number of hydrogen-bond acceptors (Lipinski definition) is 3. The molecule has 0 saturated carbocycles. The summed E-state index contributed by atoms with van der Waals surface area (Å²) in [7, 11) is 1.64. The molecule has 0 radical (unpaired) electrons. The predicted molar refractivity (Wildman–Crippen MR) is 73.7 cm³/mol. The van der Waals surface area contributed by atoms with Crippen LogP contribution in [0.25, 0.3) is 0 Å². The summed E-state index contributed by atoms with van der Waals surface area (Å²) in [5, 5.41) is 9.56. The van der Waals surface area contributed by atoms with Crippen LogP contribution < -0.4 is 4.74 Å². The Morgan fingerprint density at radius 2 is 1.89 bits per heavy atom. The molecule has 0 aliphatic carbocycles. The summed E-state index contributed by atoms with van der Waals surface area (Å²) in [5.74, 6) is 0.0429. The maximum atomic E-state index is 11.6. The Kier molecular flexibility index (Phi) is 4.10. The largest absolute Gasteiger partial charge is 0.496 e. The van der Waals surface area contributed by atoms with Gasteiger partial charge in [0.15, 0.2) is 0 Å². The molecular formula is C15H21NO3. The van der Waals surface area contributed by atoms with Gasteiger partial charge in [-0.1, -0.05) is 6.07 Å². The molecule has 4 nitrogen and oxygen atoms in total. The lowest BCUT2D eigenvalue weighted by Gasteiger charge is -2.26. The second-order valence-electron chi connectivity index (χ2n) is 5.09. The molecule has 1 fully saturated rings. The SMILES string of the molecule is COc1ccc(C(C(=O)O)N2CCCC2)c(C)c1C. The minimum atomic E-state index is -0.769. The van der Waals surface area contributed by atoms with E-state index < -0.39 is 12.0 Å². The third-order valence-corrected chi connectivity index (χ3v) is 4.03. The summed E-state index contributed by atoms with van der Waals surface area (Å²) < 4.78 is 5.29. The van der Waals surface area contributed by atoms with Crippen molar-refractivity contribution in [3.8, 4) is 5.75 Å². The van der Waals surface area contributed by atoms with Crippen LogP contribution in [0, 0.1) is 13.8 Å². The molecule has 1 saturated heterocycles. The molecule has 0 amide bonds. The zero-order valence-electron chi connectivity index (χ0n) is 11.8. The molecule has 1 aromatic carbocycles. The van der Waals surface area contributed by atoms with Crippen LogP contribution in [0.4, 0.5) is 0 Å². The van der Waals surface area contributed by atoms with Crippen molar-refractivity contribution in [2.24, 2.45) is 0 Å². The van der Waals surface area contributed by atoms with Crippen LogP contribution in [0.2, 0.25) is 0 Å². The maximum absolute atomic E-state index is 11.6. The molecule has 1 aliphatic heterocycles. The number of carboxylic acid groups (broad SMARTS) is 1. The molecule has 1 N–H and O–H groups in total. The number of carboxylic acids is 1. The van der Waals surface area contributed by atoms with Crippen molar-refractivity contribution in [1.29, 1.82) is 0 Å². The molecule has 0 spiro atoms. The smallest absolute Gasteiger partial charge is 0.325 e. The molecule has 4 heteroatoms. The summed E-state index contributed by atoms with van der Waals surface area (Å²) in [5.41, 5.74) is 2.91. The van der Waals surface area contributed by atoms with Crippen molar-refractivity contribution < 1.29 is 14.6 Å². The summed E-state index contributed by atoms with van der Waals surface area (Å²) >= 11 is 0. The lowest BCUT2D eigenvalue weighted by molar-refractivity contribution is -0.143. The lowest BCUT2D eigenvalue weighted by atomic mass is 9.96. The summed E-state index contributed by atoms with van der Waals surface area (Å²) in [6.07, 6.45) is 2.16. The maximum Gasteiger partial charge on any atom is 0.325 e. The molecule has 1 unspecified atom stereocenters. The van der Waals surface area contributed by atoms with Gasteiger partial charge in [0, 0.05) is 0 Å². The lowest BCUT2D eigenvalue weighted by Crippen LogP contribution is -2.32. The molecule has 1 heterocycles. The first-order valence-corrected chi connectivity index (χ1v) is 6.67. The first-order chi connectivity index (χ1) is 9.06. The van der Waals surface area contributed by atoms with E-state index in [1.807, 2.05) is 26.0 Å². The van der Waals surface area contributed by atoms with Gasteiger partial charge in [0.05, 0.1) is 7.11 Å². The van der Waals surface area contributed by atoms with Gasteiger partial charge in [0.2, 0.25) is 0 Å². The number of methoxy groups -OCH3 is 1. The number of aliphatic carboxylic acids is 1. The van der Waals surface area contributed by atoms with Crippen LogP contribution in [0.3, 0.4) is 0 Å². The topological polar surface area (TPSA) is 49.8 Å². The molecule has 19 heavy (non-hydrogen) atoms. The summed E-state index contributed by atoms with van der Waals surface area (Å²) in [6, 6.07) is 3.22. The van der Waals surface area contributed by atoms with Crippen LogP contribution in [0.1, 0.15) is 35.6 Å². The second kappa shape index (κ2) is 5.61. The van der Waals surface area contributed by atoms with Gasteiger partial charge < -0.3 is 9.84 Å². The van der Waals surface area contributed by atoms with Gasteiger partial charge in [-0.25, -0.2) is 0 Å². The van der Waals surface area contributed by atoms with E-state index in [0.29, 0.717) is 0 Å². The van der Waals surface area contributed by atoms with Crippen LogP contribution in [-0.2, 0) is 4.79 Å². The third-order valence-electron chi connectivity index (χ3n) is 4.03. The number of nitrogens with zero attached hydrogens (tertiary/aromatic N) is 1. The van der Waals surface area contributed by atoms with Crippen molar-refractivity contribution in [2.75, 3.05) is 20.2 Å². The van der Waals surface area contributed by atoms with Gasteiger partial charge in [0.1, 0.15) is 11.8 Å². The number of ether oxygens (including phenoxy) is 1. The summed E-state index contributed by atoms with van der Waals surface area (Å²) in [6.45, 7) is 5.67. The Balaban J connectivity index is 2.42. The molecule has 2 rings (SSSR count). The normalized spacial score (nSPS) is 17.4. The Labute approximate surface area is 114 Å². The van der Waals surface area contributed by atoms with Crippen LogP contribution in [0.15, 0.2) is 12.1 Å².